The van der Waals surface area contributed by atoms with E-state index in [1.165, 1.54) is 18.7 Å². The lowest BCUT2D eigenvalue weighted by Crippen LogP contribution is -2.33. The lowest BCUT2D eigenvalue weighted by molar-refractivity contribution is -0.127. The molecule has 0 saturated heterocycles. The molecular formula is C17H21N3O2S. The van der Waals surface area contributed by atoms with Gasteiger partial charge in [-0.2, -0.15) is 5.26 Å². The first-order valence-corrected chi connectivity index (χ1v) is 8.26. The van der Waals surface area contributed by atoms with Gasteiger partial charge in [-0.3, -0.25) is 9.59 Å². The standard InChI is InChI=1S/C17H21N3O2S/c1-6-20(9-11(2)3)16(22)10-23-17-14(8-18)7-15(13(5)21)12(4)19-17/h7H,2,6,9-10H2,1,3-5H3. The number of amides is 1. The van der Waals surface area contributed by atoms with Gasteiger partial charge in [-0.1, -0.05) is 23.9 Å². The minimum atomic E-state index is -0.127. The van der Waals surface area contributed by atoms with Gasteiger partial charge in [0, 0.05) is 24.3 Å². The number of likely N-dealkylation sites (N-methyl/N-ethyl adjacent to an activating group) is 1. The summed E-state index contributed by atoms with van der Waals surface area (Å²) in [4.78, 5) is 29.8. The Morgan fingerprint density at radius 2 is 2.09 bits per heavy atom. The molecule has 0 saturated carbocycles. The van der Waals surface area contributed by atoms with E-state index in [0.29, 0.717) is 34.9 Å². The van der Waals surface area contributed by atoms with E-state index in [9.17, 15) is 14.9 Å². The van der Waals surface area contributed by atoms with Crippen LogP contribution in [-0.4, -0.2) is 40.4 Å². The zero-order valence-electron chi connectivity index (χ0n) is 14.0. The summed E-state index contributed by atoms with van der Waals surface area (Å²) in [7, 11) is 0. The third kappa shape index (κ3) is 5.22. The molecule has 1 rings (SSSR count). The number of carbonyl (C=O) groups is 2. The smallest absolute Gasteiger partial charge is 0.233 e. The summed E-state index contributed by atoms with van der Waals surface area (Å²) in [5.41, 5.74) is 2.25. The maximum absolute atomic E-state index is 12.2. The highest BCUT2D eigenvalue weighted by atomic mass is 32.2. The number of rotatable bonds is 7. The van der Waals surface area contributed by atoms with Gasteiger partial charge in [-0.15, -0.1) is 0 Å². The molecule has 1 amide bonds. The van der Waals surface area contributed by atoms with Crippen molar-refractivity contribution in [3.63, 3.8) is 0 Å². The summed E-state index contributed by atoms with van der Waals surface area (Å²) in [5, 5.41) is 9.71. The average Bonchev–Trinajstić information content (AvgIpc) is 2.49. The molecule has 0 aliphatic rings. The van der Waals surface area contributed by atoms with Gasteiger partial charge in [0.2, 0.25) is 5.91 Å². The van der Waals surface area contributed by atoms with E-state index in [2.05, 4.69) is 11.6 Å². The molecule has 1 aromatic rings. The number of aromatic nitrogens is 1. The minimum absolute atomic E-state index is 0.0283. The van der Waals surface area contributed by atoms with Crippen molar-refractivity contribution in [1.29, 1.82) is 5.26 Å². The monoisotopic (exact) mass is 331 g/mol. The Morgan fingerprint density at radius 1 is 1.43 bits per heavy atom. The van der Waals surface area contributed by atoms with E-state index >= 15 is 0 Å². The molecule has 0 N–H and O–H groups in total. The van der Waals surface area contributed by atoms with Crippen molar-refractivity contribution in [3.8, 4) is 6.07 Å². The Morgan fingerprint density at radius 3 is 2.57 bits per heavy atom. The topological polar surface area (TPSA) is 74.1 Å². The number of hydrogen-bond acceptors (Lipinski definition) is 5. The lowest BCUT2D eigenvalue weighted by Gasteiger charge is -2.20. The van der Waals surface area contributed by atoms with Crippen LogP contribution >= 0.6 is 11.8 Å². The van der Waals surface area contributed by atoms with Crippen molar-refractivity contribution in [1.82, 2.24) is 9.88 Å². The van der Waals surface area contributed by atoms with Crippen LogP contribution < -0.4 is 0 Å². The molecule has 5 nitrogen and oxygen atoms in total. The average molecular weight is 331 g/mol. The van der Waals surface area contributed by atoms with Gasteiger partial charge in [0.25, 0.3) is 0 Å². The first kappa shape index (κ1) is 18.9. The fourth-order valence-corrected chi connectivity index (χ4v) is 2.96. The Bertz CT molecular complexity index is 677. The highest BCUT2D eigenvalue weighted by Crippen LogP contribution is 2.23. The maximum Gasteiger partial charge on any atom is 0.233 e. The quantitative estimate of drug-likeness (QED) is 0.436. The van der Waals surface area contributed by atoms with E-state index < -0.39 is 0 Å². The number of aryl methyl sites for hydroxylation is 1. The fourth-order valence-electron chi connectivity index (χ4n) is 2.05. The molecule has 0 radical (unpaired) electrons. The molecule has 0 aromatic carbocycles. The van der Waals surface area contributed by atoms with Gasteiger partial charge in [-0.05, 0) is 33.8 Å². The summed E-state index contributed by atoms with van der Waals surface area (Å²) in [6.45, 7) is 11.9. The number of thioether (sulfide) groups is 1. The van der Waals surface area contributed by atoms with Crippen LogP contribution in [0.15, 0.2) is 23.2 Å². The number of ketones is 1. The molecule has 6 heteroatoms. The molecule has 1 aromatic heterocycles. The van der Waals surface area contributed by atoms with Crippen molar-refractivity contribution < 1.29 is 9.59 Å². The number of carbonyl (C=O) groups excluding carboxylic acids is 2. The van der Waals surface area contributed by atoms with Crippen molar-refractivity contribution in [2.24, 2.45) is 0 Å². The number of nitrogens with zero attached hydrogens (tertiary/aromatic N) is 3. The number of Topliss-reactive ketones (excluding diaryl/α,β-unsaturated/α-hetero) is 1. The summed E-state index contributed by atoms with van der Waals surface area (Å²) in [6, 6.07) is 3.59. The predicted molar refractivity (Wildman–Crippen MR) is 91.5 cm³/mol. The molecule has 122 valence electrons. The van der Waals surface area contributed by atoms with E-state index in [1.54, 1.807) is 17.9 Å². The van der Waals surface area contributed by atoms with Crippen molar-refractivity contribution in [3.05, 3.63) is 35.0 Å². The van der Waals surface area contributed by atoms with Gasteiger partial charge in [0.05, 0.1) is 11.3 Å². The van der Waals surface area contributed by atoms with Crippen LogP contribution in [0.5, 0.6) is 0 Å². The van der Waals surface area contributed by atoms with Gasteiger partial charge < -0.3 is 4.90 Å². The van der Waals surface area contributed by atoms with Gasteiger partial charge >= 0.3 is 0 Å². The normalized spacial score (nSPS) is 10.0. The molecular weight excluding hydrogens is 310 g/mol. The largest absolute Gasteiger partial charge is 0.338 e. The number of nitriles is 1. The van der Waals surface area contributed by atoms with Gasteiger partial charge in [-0.25, -0.2) is 4.98 Å². The molecule has 0 unspecified atom stereocenters. The van der Waals surface area contributed by atoms with E-state index in [-0.39, 0.29) is 17.4 Å². The highest BCUT2D eigenvalue weighted by Gasteiger charge is 2.16. The minimum Gasteiger partial charge on any atom is -0.338 e. The second-order valence-electron chi connectivity index (χ2n) is 5.30. The molecule has 23 heavy (non-hydrogen) atoms. The van der Waals surface area contributed by atoms with Gasteiger partial charge in [0.15, 0.2) is 5.78 Å². The summed E-state index contributed by atoms with van der Waals surface area (Å²) < 4.78 is 0. The zero-order valence-corrected chi connectivity index (χ0v) is 14.8. The van der Waals surface area contributed by atoms with E-state index in [0.717, 1.165) is 5.57 Å². The Labute approximate surface area is 141 Å². The maximum atomic E-state index is 12.2. The third-order valence-corrected chi connectivity index (χ3v) is 4.18. The second-order valence-corrected chi connectivity index (χ2v) is 6.26. The summed E-state index contributed by atoms with van der Waals surface area (Å²) in [5.74, 6) is 0.0407. The first-order chi connectivity index (χ1) is 10.8. The van der Waals surface area contributed by atoms with Crippen molar-refractivity contribution >= 4 is 23.5 Å². The highest BCUT2D eigenvalue weighted by molar-refractivity contribution is 7.99. The number of hydrogen-bond donors (Lipinski definition) is 0. The van der Waals surface area contributed by atoms with E-state index in [4.69, 9.17) is 0 Å². The predicted octanol–water partition coefficient (Wildman–Crippen LogP) is 2.98. The van der Waals surface area contributed by atoms with Crippen LogP contribution in [0.4, 0.5) is 0 Å². The van der Waals surface area contributed by atoms with Crippen molar-refractivity contribution in [2.75, 3.05) is 18.8 Å². The molecule has 0 aliphatic carbocycles. The van der Waals surface area contributed by atoms with Crippen LogP contribution in [0.1, 0.15) is 42.4 Å². The Hall–Kier alpha value is -2.13. The lowest BCUT2D eigenvalue weighted by atomic mass is 10.1. The molecule has 0 spiro atoms. The second kappa shape index (κ2) is 8.49. The Kier molecular flexibility index (Phi) is 6.98. The summed E-state index contributed by atoms with van der Waals surface area (Å²) in [6.07, 6.45) is 0. The fraction of sp³-hybridized carbons (Fsp3) is 0.412. The van der Waals surface area contributed by atoms with Crippen molar-refractivity contribution in [2.45, 2.75) is 32.7 Å². The number of pyridine rings is 1. The van der Waals surface area contributed by atoms with Crippen LogP contribution in [0.3, 0.4) is 0 Å². The van der Waals surface area contributed by atoms with Crippen LogP contribution in [0.25, 0.3) is 0 Å². The zero-order chi connectivity index (χ0) is 17.6. The van der Waals surface area contributed by atoms with Crippen LogP contribution in [0, 0.1) is 18.3 Å². The SMILES string of the molecule is C=C(C)CN(CC)C(=O)CSc1nc(C)c(C(C)=O)cc1C#N. The first-order valence-electron chi connectivity index (χ1n) is 7.27. The molecule has 1 heterocycles. The van der Waals surface area contributed by atoms with Crippen LogP contribution in [0.2, 0.25) is 0 Å². The van der Waals surface area contributed by atoms with Gasteiger partial charge in [0.1, 0.15) is 11.1 Å². The summed E-state index contributed by atoms with van der Waals surface area (Å²) >= 11 is 1.22. The third-order valence-electron chi connectivity index (χ3n) is 3.21. The Balaban J connectivity index is 2.91. The molecule has 0 bridgehead atoms. The molecule has 0 atom stereocenters. The molecule has 0 aliphatic heterocycles. The van der Waals surface area contributed by atoms with Crippen LogP contribution in [-0.2, 0) is 4.79 Å². The molecule has 0 fully saturated rings. The van der Waals surface area contributed by atoms with E-state index in [1.807, 2.05) is 19.9 Å².